The van der Waals surface area contributed by atoms with Gasteiger partial charge in [-0.25, -0.2) is 19.9 Å². The number of carbonyl (C=O) groups is 1. The fourth-order valence-electron chi connectivity index (χ4n) is 2.72. The highest BCUT2D eigenvalue weighted by Crippen LogP contribution is 2.24. The molecule has 4 heterocycles. The molecule has 1 amide bonds. The Bertz CT molecular complexity index is 900. The smallest absolute Gasteiger partial charge is 0.291 e. The largest absolute Gasteiger partial charge is 0.331 e. The van der Waals surface area contributed by atoms with Gasteiger partial charge >= 0.3 is 0 Å². The van der Waals surface area contributed by atoms with Crippen molar-refractivity contribution in [3.63, 3.8) is 0 Å². The van der Waals surface area contributed by atoms with E-state index < -0.39 is 0 Å². The van der Waals surface area contributed by atoms with Crippen LogP contribution in [0.25, 0.3) is 11.0 Å². The molecule has 7 heteroatoms. The van der Waals surface area contributed by atoms with Crippen molar-refractivity contribution >= 4 is 32.9 Å². The number of carbonyl (C=O) groups excluding carboxylic acids is 1. The molecule has 3 aromatic rings. The van der Waals surface area contributed by atoms with Crippen LogP contribution in [0.4, 0.5) is 0 Å². The average molecular weight is 370 g/mol. The molecule has 1 aliphatic rings. The Morgan fingerprint density at radius 1 is 1.17 bits per heavy atom. The quantitative estimate of drug-likeness (QED) is 0.658. The van der Waals surface area contributed by atoms with Crippen molar-refractivity contribution in [2.75, 3.05) is 6.54 Å². The van der Waals surface area contributed by atoms with E-state index in [1.807, 2.05) is 6.07 Å². The summed E-state index contributed by atoms with van der Waals surface area (Å²) in [7, 11) is 0. The van der Waals surface area contributed by atoms with Gasteiger partial charge in [0, 0.05) is 53.7 Å². The van der Waals surface area contributed by atoms with Crippen molar-refractivity contribution in [1.82, 2.24) is 24.8 Å². The van der Waals surface area contributed by atoms with Gasteiger partial charge in [-0.1, -0.05) is 0 Å². The topological polar surface area (TPSA) is 71.9 Å². The first kappa shape index (κ1) is 14.2. The Kier molecular flexibility index (Phi) is 3.49. The van der Waals surface area contributed by atoms with Gasteiger partial charge in [0.25, 0.3) is 5.91 Å². The first-order valence-electron chi connectivity index (χ1n) is 7.21. The monoisotopic (exact) mass is 369 g/mol. The minimum absolute atomic E-state index is 0.149. The zero-order chi connectivity index (χ0) is 15.8. The van der Waals surface area contributed by atoms with E-state index in [9.17, 15) is 4.79 Å². The molecular weight excluding hydrogens is 358 g/mol. The molecule has 0 unspecified atom stereocenters. The number of pyridine rings is 2. The number of hydrogen-bond acceptors (Lipinski definition) is 5. The van der Waals surface area contributed by atoms with Crippen molar-refractivity contribution < 1.29 is 4.79 Å². The maximum absolute atomic E-state index is 12.5. The third-order valence-electron chi connectivity index (χ3n) is 3.83. The molecule has 0 saturated carbocycles. The zero-order valence-corrected chi connectivity index (χ0v) is 13.7. The number of halogens is 1. The number of hydrogen-bond donors (Lipinski definition) is 0. The molecular formula is C16H12BrN5O. The Hall–Kier alpha value is -2.41. The predicted molar refractivity (Wildman–Crippen MR) is 87.7 cm³/mol. The predicted octanol–water partition coefficient (Wildman–Crippen LogP) is 2.38. The molecule has 1 aliphatic heterocycles. The van der Waals surface area contributed by atoms with Crippen molar-refractivity contribution in [3.05, 3.63) is 58.3 Å². The van der Waals surface area contributed by atoms with Gasteiger partial charge < -0.3 is 4.90 Å². The highest BCUT2D eigenvalue weighted by atomic mass is 79.9. The van der Waals surface area contributed by atoms with Crippen LogP contribution < -0.4 is 0 Å². The fourth-order valence-corrected chi connectivity index (χ4v) is 3.07. The molecule has 0 saturated heterocycles. The number of fused-ring (bicyclic) bond motifs is 2. The van der Waals surface area contributed by atoms with Gasteiger partial charge in [-0.15, -0.1) is 0 Å². The Balaban J connectivity index is 1.67. The van der Waals surface area contributed by atoms with Crippen LogP contribution in [0.5, 0.6) is 0 Å². The standard InChI is InChI=1S/C16H12BrN5O/c17-12-7-10-6-11-9-22(16(23)15-18-3-1-4-19-15)5-2-13(11)21-14(10)20-8-12/h1,3-4,6-8H,2,5,9H2. The summed E-state index contributed by atoms with van der Waals surface area (Å²) in [6, 6.07) is 5.74. The van der Waals surface area contributed by atoms with Crippen molar-refractivity contribution in [2.45, 2.75) is 13.0 Å². The van der Waals surface area contributed by atoms with Gasteiger partial charge in [0.1, 0.15) is 0 Å². The van der Waals surface area contributed by atoms with Gasteiger partial charge in [0.05, 0.1) is 0 Å². The summed E-state index contributed by atoms with van der Waals surface area (Å²) in [5.41, 5.74) is 2.79. The van der Waals surface area contributed by atoms with Gasteiger partial charge in [0.15, 0.2) is 5.65 Å². The van der Waals surface area contributed by atoms with Crippen molar-refractivity contribution in [1.29, 1.82) is 0 Å². The maximum atomic E-state index is 12.5. The van der Waals surface area contributed by atoms with Crippen LogP contribution in [0.1, 0.15) is 21.9 Å². The number of rotatable bonds is 1. The molecule has 0 atom stereocenters. The number of nitrogens with zero attached hydrogens (tertiary/aromatic N) is 5. The second-order valence-corrected chi connectivity index (χ2v) is 6.26. The fraction of sp³-hybridized carbons (Fsp3) is 0.188. The summed E-state index contributed by atoms with van der Waals surface area (Å²) in [4.78, 5) is 31.3. The second-order valence-electron chi connectivity index (χ2n) is 5.34. The van der Waals surface area contributed by atoms with Crippen LogP contribution in [0.2, 0.25) is 0 Å². The summed E-state index contributed by atoms with van der Waals surface area (Å²) < 4.78 is 0.910. The van der Waals surface area contributed by atoms with Crippen LogP contribution in [0.3, 0.4) is 0 Å². The lowest BCUT2D eigenvalue weighted by Gasteiger charge is -2.27. The molecule has 0 bridgehead atoms. The van der Waals surface area contributed by atoms with Gasteiger partial charge in [0.2, 0.25) is 5.82 Å². The summed E-state index contributed by atoms with van der Waals surface area (Å²) in [5, 5.41) is 0.961. The molecule has 114 valence electrons. The lowest BCUT2D eigenvalue weighted by atomic mass is 10.0. The summed E-state index contributed by atoms with van der Waals surface area (Å²) >= 11 is 3.42. The SMILES string of the molecule is O=C(c1ncccn1)N1CCc2nc3ncc(Br)cc3cc2C1. The molecule has 4 rings (SSSR count). The molecule has 3 aromatic heterocycles. The van der Waals surface area contributed by atoms with E-state index in [0.717, 1.165) is 26.8 Å². The normalized spacial score (nSPS) is 13.9. The van der Waals surface area contributed by atoms with E-state index >= 15 is 0 Å². The molecule has 0 aliphatic carbocycles. The lowest BCUT2D eigenvalue weighted by molar-refractivity contribution is 0.0721. The van der Waals surface area contributed by atoms with E-state index in [0.29, 0.717) is 19.5 Å². The van der Waals surface area contributed by atoms with Crippen molar-refractivity contribution in [2.24, 2.45) is 0 Å². The van der Waals surface area contributed by atoms with Crippen molar-refractivity contribution in [3.8, 4) is 0 Å². The molecule has 6 nitrogen and oxygen atoms in total. The third kappa shape index (κ3) is 2.68. The highest BCUT2D eigenvalue weighted by Gasteiger charge is 2.24. The van der Waals surface area contributed by atoms with Crippen LogP contribution in [0, 0.1) is 0 Å². The van der Waals surface area contributed by atoms with Gasteiger partial charge in [-0.05, 0) is 39.7 Å². The number of amides is 1. The molecule has 0 radical (unpaired) electrons. The Morgan fingerprint density at radius 2 is 2.00 bits per heavy atom. The third-order valence-corrected chi connectivity index (χ3v) is 4.26. The van der Waals surface area contributed by atoms with E-state index in [2.05, 4.69) is 41.9 Å². The van der Waals surface area contributed by atoms with Gasteiger partial charge in [-0.2, -0.15) is 0 Å². The molecule has 0 aromatic carbocycles. The second kappa shape index (κ2) is 5.66. The van der Waals surface area contributed by atoms with E-state index in [1.54, 1.807) is 29.6 Å². The van der Waals surface area contributed by atoms with Crippen LogP contribution in [0.15, 0.2) is 41.3 Å². The summed E-state index contributed by atoms with van der Waals surface area (Å²) in [6.45, 7) is 1.13. The molecule has 0 fully saturated rings. The number of aromatic nitrogens is 4. The summed E-state index contributed by atoms with van der Waals surface area (Å²) in [6.07, 6.45) is 5.61. The minimum atomic E-state index is -0.149. The minimum Gasteiger partial charge on any atom is -0.331 e. The summed E-state index contributed by atoms with van der Waals surface area (Å²) in [5.74, 6) is 0.0813. The molecule has 0 spiro atoms. The Labute approximate surface area is 140 Å². The van der Waals surface area contributed by atoms with Crippen LogP contribution in [-0.4, -0.2) is 37.3 Å². The lowest BCUT2D eigenvalue weighted by Crippen LogP contribution is -2.37. The van der Waals surface area contributed by atoms with E-state index in [4.69, 9.17) is 0 Å². The van der Waals surface area contributed by atoms with Gasteiger partial charge in [-0.3, -0.25) is 4.79 Å². The van der Waals surface area contributed by atoms with E-state index in [1.165, 1.54) is 0 Å². The zero-order valence-electron chi connectivity index (χ0n) is 12.1. The first-order valence-corrected chi connectivity index (χ1v) is 8.00. The van der Waals surface area contributed by atoms with E-state index in [-0.39, 0.29) is 11.7 Å². The maximum Gasteiger partial charge on any atom is 0.291 e. The molecule has 0 N–H and O–H groups in total. The van der Waals surface area contributed by atoms with Crippen LogP contribution >= 0.6 is 15.9 Å². The van der Waals surface area contributed by atoms with Crippen LogP contribution in [-0.2, 0) is 13.0 Å². The first-order chi connectivity index (χ1) is 11.2. The average Bonchev–Trinajstić information content (AvgIpc) is 2.59. The molecule has 23 heavy (non-hydrogen) atoms. The highest BCUT2D eigenvalue weighted by molar-refractivity contribution is 9.10. The Morgan fingerprint density at radius 3 is 2.83 bits per heavy atom.